The fourth-order valence-electron chi connectivity index (χ4n) is 3.26. The Morgan fingerprint density at radius 2 is 1.79 bits per heavy atom. The first-order chi connectivity index (χ1) is 14.2. The maximum absolute atomic E-state index is 14.0. The third-order valence-corrected chi connectivity index (χ3v) is 4.80. The van der Waals surface area contributed by atoms with Crippen molar-refractivity contribution in [3.8, 4) is 6.07 Å². The van der Waals surface area contributed by atoms with E-state index in [1.165, 1.54) is 6.07 Å². The zero-order valence-corrected chi connectivity index (χ0v) is 15.6. The van der Waals surface area contributed by atoms with Crippen molar-refractivity contribution in [1.29, 1.82) is 5.26 Å². The smallest absolute Gasteiger partial charge is 0.216 e. The van der Waals surface area contributed by atoms with Crippen LogP contribution in [0.2, 0.25) is 0 Å². The molecule has 146 valence electrons. The number of nitriles is 1. The van der Waals surface area contributed by atoms with Crippen molar-refractivity contribution >= 4 is 22.6 Å². The Morgan fingerprint density at radius 3 is 2.45 bits per heavy atom. The highest BCUT2D eigenvalue weighted by Crippen LogP contribution is 2.24. The summed E-state index contributed by atoms with van der Waals surface area (Å²) in [7, 11) is 0. The second-order valence-corrected chi connectivity index (χ2v) is 6.52. The van der Waals surface area contributed by atoms with E-state index in [0.717, 1.165) is 37.6 Å². The van der Waals surface area contributed by atoms with Crippen molar-refractivity contribution in [2.75, 3.05) is 41.3 Å². The highest BCUT2D eigenvalue weighted by Gasteiger charge is 2.19. The summed E-state index contributed by atoms with van der Waals surface area (Å²) in [5, 5.41) is 25.6. The lowest BCUT2D eigenvalue weighted by atomic mass is 10.2. The predicted molar refractivity (Wildman–Crippen MR) is 109 cm³/mol. The Labute approximate surface area is 167 Å². The SMILES string of the molecule is N#CC(=CNc1ccc(N2CCN(c3ccccc3F)CC2)cc1)c1nn[nH]n1. The number of anilines is 3. The Balaban J connectivity index is 1.37. The highest BCUT2D eigenvalue weighted by molar-refractivity contribution is 5.74. The van der Waals surface area contributed by atoms with Crippen LogP contribution in [-0.4, -0.2) is 46.8 Å². The lowest BCUT2D eigenvalue weighted by Crippen LogP contribution is -2.46. The summed E-state index contributed by atoms with van der Waals surface area (Å²) in [6.45, 7) is 3.16. The van der Waals surface area contributed by atoms with Gasteiger partial charge in [0.2, 0.25) is 5.82 Å². The van der Waals surface area contributed by atoms with Crippen molar-refractivity contribution in [3.05, 3.63) is 66.4 Å². The van der Waals surface area contributed by atoms with Crippen LogP contribution in [0.1, 0.15) is 5.82 Å². The lowest BCUT2D eigenvalue weighted by Gasteiger charge is -2.37. The average Bonchev–Trinajstić information content (AvgIpc) is 3.30. The molecule has 0 bridgehead atoms. The molecule has 2 heterocycles. The van der Waals surface area contributed by atoms with Crippen LogP contribution in [0.15, 0.2) is 54.7 Å². The number of halogens is 1. The van der Waals surface area contributed by atoms with Crippen LogP contribution in [0.3, 0.4) is 0 Å². The molecule has 4 rings (SSSR count). The number of aromatic nitrogens is 4. The minimum atomic E-state index is -0.179. The van der Waals surface area contributed by atoms with Gasteiger partial charge in [0.1, 0.15) is 17.5 Å². The number of rotatable bonds is 5. The minimum absolute atomic E-state index is 0.179. The summed E-state index contributed by atoms with van der Waals surface area (Å²) in [6, 6.07) is 16.9. The van der Waals surface area contributed by atoms with Crippen LogP contribution in [0.25, 0.3) is 5.57 Å². The fraction of sp³-hybridized carbons (Fsp3) is 0.200. The van der Waals surface area contributed by atoms with Crippen molar-refractivity contribution in [2.24, 2.45) is 0 Å². The molecule has 0 atom stereocenters. The number of benzene rings is 2. The van der Waals surface area contributed by atoms with Crippen molar-refractivity contribution < 1.29 is 4.39 Å². The molecule has 1 aliphatic heterocycles. The van der Waals surface area contributed by atoms with Gasteiger partial charge in [-0.2, -0.15) is 10.5 Å². The van der Waals surface area contributed by atoms with E-state index < -0.39 is 0 Å². The van der Waals surface area contributed by atoms with E-state index >= 15 is 0 Å². The Hall–Kier alpha value is -3.93. The Kier molecular flexibility index (Phi) is 5.33. The molecule has 0 radical (unpaired) electrons. The Morgan fingerprint density at radius 1 is 1.07 bits per heavy atom. The number of tetrazole rings is 1. The molecule has 1 saturated heterocycles. The summed E-state index contributed by atoms with van der Waals surface area (Å²) < 4.78 is 14.0. The van der Waals surface area contributed by atoms with E-state index in [4.69, 9.17) is 0 Å². The number of hydrogen-bond donors (Lipinski definition) is 2. The molecule has 1 aromatic heterocycles. The van der Waals surface area contributed by atoms with Gasteiger partial charge < -0.3 is 15.1 Å². The number of nitrogens with zero attached hydrogens (tertiary/aromatic N) is 6. The first kappa shape index (κ1) is 18.4. The van der Waals surface area contributed by atoms with Gasteiger partial charge in [-0.3, -0.25) is 0 Å². The molecule has 0 unspecified atom stereocenters. The molecule has 29 heavy (non-hydrogen) atoms. The molecule has 0 aliphatic carbocycles. The summed E-state index contributed by atoms with van der Waals surface area (Å²) in [5.41, 5.74) is 2.89. The average molecular weight is 390 g/mol. The largest absolute Gasteiger partial charge is 0.368 e. The van der Waals surface area contributed by atoms with Crippen molar-refractivity contribution in [2.45, 2.75) is 0 Å². The normalized spacial score (nSPS) is 14.6. The van der Waals surface area contributed by atoms with Gasteiger partial charge in [0.05, 0.1) is 5.69 Å². The molecule has 0 spiro atoms. The molecular weight excluding hydrogens is 371 g/mol. The summed E-state index contributed by atoms with van der Waals surface area (Å²) >= 11 is 0. The zero-order valence-electron chi connectivity index (χ0n) is 15.6. The molecular formula is C20H19FN8. The highest BCUT2D eigenvalue weighted by atomic mass is 19.1. The number of nitrogens with one attached hydrogen (secondary N) is 2. The lowest BCUT2D eigenvalue weighted by molar-refractivity contribution is 0.598. The summed E-state index contributed by atoms with van der Waals surface area (Å²) in [6.07, 6.45) is 1.55. The minimum Gasteiger partial charge on any atom is -0.368 e. The third kappa shape index (κ3) is 4.16. The maximum atomic E-state index is 14.0. The standard InChI is InChI=1S/C20H19FN8/c21-18-3-1-2-4-19(18)29-11-9-28(10-12-29)17-7-5-16(6-8-17)23-14-15(13-22)20-24-26-27-25-20/h1-8,14,23H,9-12H2,(H,24,25,26,27). The summed E-state index contributed by atoms with van der Waals surface area (Å²) in [4.78, 5) is 4.35. The number of aromatic amines is 1. The molecule has 0 saturated carbocycles. The quantitative estimate of drug-likeness (QED) is 0.647. The first-order valence-electron chi connectivity index (χ1n) is 9.20. The van der Waals surface area contributed by atoms with E-state index in [2.05, 4.69) is 35.7 Å². The molecule has 1 aliphatic rings. The van der Waals surface area contributed by atoms with E-state index in [0.29, 0.717) is 5.69 Å². The van der Waals surface area contributed by atoms with Gasteiger partial charge in [0.15, 0.2) is 0 Å². The topological polar surface area (TPSA) is 96.8 Å². The zero-order chi connectivity index (χ0) is 20.1. The van der Waals surface area contributed by atoms with Gasteiger partial charge in [-0.25, -0.2) is 4.39 Å². The molecule has 3 aromatic rings. The molecule has 2 N–H and O–H groups in total. The van der Waals surface area contributed by atoms with Crippen LogP contribution < -0.4 is 15.1 Å². The van der Waals surface area contributed by atoms with Crippen LogP contribution in [0, 0.1) is 17.1 Å². The molecule has 8 nitrogen and oxygen atoms in total. The van der Waals surface area contributed by atoms with Crippen molar-refractivity contribution in [1.82, 2.24) is 20.6 Å². The van der Waals surface area contributed by atoms with E-state index in [1.54, 1.807) is 12.3 Å². The predicted octanol–water partition coefficient (Wildman–Crippen LogP) is 2.64. The van der Waals surface area contributed by atoms with Crippen LogP contribution >= 0.6 is 0 Å². The molecule has 9 heteroatoms. The third-order valence-electron chi connectivity index (χ3n) is 4.80. The first-order valence-corrected chi connectivity index (χ1v) is 9.20. The van der Waals surface area contributed by atoms with E-state index in [-0.39, 0.29) is 17.2 Å². The van der Waals surface area contributed by atoms with Gasteiger partial charge in [-0.15, -0.1) is 10.2 Å². The summed E-state index contributed by atoms with van der Waals surface area (Å²) in [5.74, 6) is 0.0614. The monoisotopic (exact) mass is 390 g/mol. The second-order valence-electron chi connectivity index (χ2n) is 6.52. The number of hydrogen-bond acceptors (Lipinski definition) is 7. The van der Waals surface area contributed by atoms with Crippen LogP contribution in [0.5, 0.6) is 0 Å². The number of piperazine rings is 1. The van der Waals surface area contributed by atoms with Crippen LogP contribution in [0.4, 0.5) is 21.5 Å². The van der Waals surface area contributed by atoms with Gasteiger partial charge in [0.25, 0.3) is 0 Å². The molecule has 0 amide bonds. The fourth-order valence-corrected chi connectivity index (χ4v) is 3.26. The van der Waals surface area contributed by atoms with Gasteiger partial charge in [-0.05, 0) is 41.6 Å². The number of para-hydroxylation sites is 1. The van der Waals surface area contributed by atoms with E-state index in [9.17, 15) is 9.65 Å². The van der Waals surface area contributed by atoms with Crippen LogP contribution in [-0.2, 0) is 0 Å². The van der Waals surface area contributed by atoms with Crippen molar-refractivity contribution in [3.63, 3.8) is 0 Å². The van der Waals surface area contributed by atoms with Gasteiger partial charge >= 0.3 is 0 Å². The van der Waals surface area contributed by atoms with Gasteiger partial charge in [-0.1, -0.05) is 12.1 Å². The number of H-pyrrole nitrogens is 1. The molecule has 1 fully saturated rings. The second kappa shape index (κ2) is 8.39. The van der Waals surface area contributed by atoms with Gasteiger partial charge in [0, 0.05) is 43.8 Å². The van der Waals surface area contributed by atoms with E-state index in [1.807, 2.05) is 42.5 Å². The maximum Gasteiger partial charge on any atom is 0.216 e. The molecule has 2 aromatic carbocycles. The number of allylic oxidation sites excluding steroid dienone is 1. The Bertz CT molecular complexity index is 1020.